The summed E-state index contributed by atoms with van der Waals surface area (Å²) < 4.78 is 5.96. The summed E-state index contributed by atoms with van der Waals surface area (Å²) in [6.45, 7) is 14.1. The van der Waals surface area contributed by atoms with E-state index < -0.39 is 0 Å². The van der Waals surface area contributed by atoms with E-state index >= 15 is 0 Å². The Labute approximate surface area is 130 Å². The average molecular weight is 292 g/mol. The fourth-order valence-corrected chi connectivity index (χ4v) is 3.38. The fourth-order valence-electron chi connectivity index (χ4n) is 3.38. The van der Waals surface area contributed by atoms with Gasteiger partial charge in [0.2, 0.25) is 0 Å². The molecule has 0 radical (unpaired) electrons. The third kappa shape index (κ3) is 7.08. The van der Waals surface area contributed by atoms with E-state index in [-0.39, 0.29) is 22.0 Å². The highest BCUT2D eigenvalue weighted by atomic mass is 16.5. The molecule has 0 amide bonds. The fraction of sp³-hybridized carbons (Fsp3) is 0.737. The molecule has 1 unspecified atom stereocenters. The van der Waals surface area contributed by atoms with Crippen LogP contribution in [0.2, 0.25) is 0 Å². The SMILES string of the molecule is CC(=O)CC(C)(C)COCC(C)(C)CC1(C)C=CC=CC1. The monoisotopic (exact) mass is 292 g/mol. The Morgan fingerprint density at radius 2 is 1.76 bits per heavy atom. The van der Waals surface area contributed by atoms with Gasteiger partial charge in [-0.25, -0.2) is 0 Å². The molecule has 0 aliphatic heterocycles. The normalized spacial score (nSPS) is 22.6. The van der Waals surface area contributed by atoms with Gasteiger partial charge in [0.15, 0.2) is 0 Å². The zero-order chi connectivity index (χ0) is 16.1. The van der Waals surface area contributed by atoms with Crippen LogP contribution in [0.4, 0.5) is 0 Å². The van der Waals surface area contributed by atoms with Gasteiger partial charge in [0.25, 0.3) is 0 Å². The lowest BCUT2D eigenvalue weighted by Gasteiger charge is -2.36. The Morgan fingerprint density at radius 1 is 1.14 bits per heavy atom. The van der Waals surface area contributed by atoms with Crippen molar-refractivity contribution in [2.75, 3.05) is 13.2 Å². The summed E-state index contributed by atoms with van der Waals surface area (Å²) in [6.07, 6.45) is 11.6. The smallest absolute Gasteiger partial charge is 0.130 e. The first-order valence-electron chi connectivity index (χ1n) is 7.95. The van der Waals surface area contributed by atoms with Crippen molar-refractivity contribution in [2.24, 2.45) is 16.2 Å². The molecule has 0 saturated carbocycles. The first-order chi connectivity index (χ1) is 9.54. The van der Waals surface area contributed by atoms with Crippen LogP contribution in [-0.2, 0) is 9.53 Å². The second kappa shape index (κ2) is 6.91. The van der Waals surface area contributed by atoms with Crippen molar-refractivity contribution in [1.82, 2.24) is 0 Å². The third-order valence-electron chi connectivity index (χ3n) is 3.93. The molecule has 0 bridgehead atoms. The number of Topliss-reactive ketones (excluding diaryl/α,β-unsaturated/α-hetero) is 1. The molecule has 1 rings (SSSR count). The summed E-state index contributed by atoms with van der Waals surface area (Å²) in [5.74, 6) is 0.231. The van der Waals surface area contributed by atoms with Crippen LogP contribution in [0.1, 0.15) is 60.8 Å². The first kappa shape index (κ1) is 18.2. The maximum atomic E-state index is 11.3. The topological polar surface area (TPSA) is 26.3 Å². The predicted octanol–water partition coefficient (Wildman–Crippen LogP) is 4.95. The van der Waals surface area contributed by atoms with Crippen molar-refractivity contribution in [3.8, 4) is 0 Å². The molecule has 0 aromatic carbocycles. The van der Waals surface area contributed by atoms with Crippen LogP contribution in [-0.4, -0.2) is 19.0 Å². The van der Waals surface area contributed by atoms with Gasteiger partial charge in [-0.2, -0.15) is 0 Å². The zero-order valence-corrected chi connectivity index (χ0v) is 14.7. The van der Waals surface area contributed by atoms with E-state index in [0.29, 0.717) is 13.0 Å². The number of carbonyl (C=O) groups is 1. The van der Waals surface area contributed by atoms with Crippen LogP contribution in [0.25, 0.3) is 0 Å². The maximum absolute atomic E-state index is 11.3. The van der Waals surface area contributed by atoms with Crippen LogP contribution in [0.5, 0.6) is 0 Å². The minimum atomic E-state index is -0.0701. The lowest BCUT2D eigenvalue weighted by Crippen LogP contribution is -2.31. The molecule has 0 aromatic heterocycles. The molecule has 0 heterocycles. The van der Waals surface area contributed by atoms with Crippen molar-refractivity contribution >= 4 is 5.78 Å². The van der Waals surface area contributed by atoms with E-state index in [1.165, 1.54) is 0 Å². The van der Waals surface area contributed by atoms with Crippen LogP contribution < -0.4 is 0 Å². The quantitative estimate of drug-likeness (QED) is 0.633. The van der Waals surface area contributed by atoms with Crippen LogP contribution in [0.3, 0.4) is 0 Å². The highest BCUT2D eigenvalue weighted by molar-refractivity contribution is 5.76. The molecule has 21 heavy (non-hydrogen) atoms. The van der Waals surface area contributed by atoms with E-state index in [9.17, 15) is 4.79 Å². The number of carbonyl (C=O) groups excluding carboxylic acids is 1. The van der Waals surface area contributed by atoms with Crippen molar-refractivity contribution in [3.05, 3.63) is 24.3 Å². The van der Waals surface area contributed by atoms with Gasteiger partial charge in [-0.1, -0.05) is 58.9 Å². The maximum Gasteiger partial charge on any atom is 0.130 e. The van der Waals surface area contributed by atoms with Gasteiger partial charge in [-0.15, -0.1) is 0 Å². The van der Waals surface area contributed by atoms with E-state index in [1.54, 1.807) is 6.92 Å². The van der Waals surface area contributed by atoms with Crippen molar-refractivity contribution in [1.29, 1.82) is 0 Å². The Morgan fingerprint density at radius 3 is 2.29 bits per heavy atom. The van der Waals surface area contributed by atoms with Gasteiger partial charge in [-0.3, -0.25) is 0 Å². The van der Waals surface area contributed by atoms with Gasteiger partial charge in [0, 0.05) is 6.42 Å². The Bertz CT molecular complexity index is 415. The van der Waals surface area contributed by atoms with Crippen molar-refractivity contribution < 1.29 is 9.53 Å². The van der Waals surface area contributed by atoms with Crippen LogP contribution in [0, 0.1) is 16.2 Å². The highest BCUT2D eigenvalue weighted by Gasteiger charge is 2.31. The molecule has 0 saturated heterocycles. The predicted molar refractivity (Wildman–Crippen MR) is 89.3 cm³/mol. The largest absolute Gasteiger partial charge is 0.380 e. The standard InChI is InChI=1S/C19H32O2/c1-16(20)12-17(2,3)14-21-15-18(4,5)13-19(6)10-8-7-9-11-19/h7-10H,11-15H2,1-6H3. The number of hydrogen-bond acceptors (Lipinski definition) is 2. The first-order valence-corrected chi connectivity index (χ1v) is 7.95. The second-order valence-electron chi connectivity index (χ2n) is 8.52. The molecule has 1 atom stereocenters. The minimum absolute atomic E-state index is 0.0701. The van der Waals surface area contributed by atoms with Gasteiger partial charge >= 0.3 is 0 Å². The van der Waals surface area contributed by atoms with E-state index in [1.807, 2.05) is 0 Å². The van der Waals surface area contributed by atoms with Gasteiger partial charge in [0.1, 0.15) is 5.78 Å². The summed E-state index contributed by atoms with van der Waals surface area (Å²) in [4.78, 5) is 11.3. The molecule has 0 aromatic rings. The number of ether oxygens (including phenoxy) is 1. The lowest BCUT2D eigenvalue weighted by atomic mass is 9.71. The van der Waals surface area contributed by atoms with Gasteiger partial charge < -0.3 is 9.53 Å². The average Bonchev–Trinajstić information content (AvgIpc) is 2.25. The Kier molecular flexibility index (Phi) is 5.98. The van der Waals surface area contributed by atoms with Crippen LogP contribution >= 0.6 is 0 Å². The highest BCUT2D eigenvalue weighted by Crippen LogP contribution is 2.39. The lowest BCUT2D eigenvalue weighted by molar-refractivity contribution is -0.120. The van der Waals surface area contributed by atoms with E-state index in [0.717, 1.165) is 19.4 Å². The summed E-state index contributed by atoms with van der Waals surface area (Å²) in [5.41, 5.74) is 0.298. The van der Waals surface area contributed by atoms with Gasteiger partial charge in [0.05, 0.1) is 13.2 Å². The number of allylic oxidation sites excluding steroid dienone is 4. The third-order valence-corrected chi connectivity index (χ3v) is 3.93. The summed E-state index contributed by atoms with van der Waals surface area (Å²) in [5, 5.41) is 0. The number of hydrogen-bond donors (Lipinski definition) is 0. The summed E-state index contributed by atoms with van der Waals surface area (Å²) in [6, 6.07) is 0. The molecule has 2 nitrogen and oxygen atoms in total. The molecule has 0 spiro atoms. The summed E-state index contributed by atoms with van der Waals surface area (Å²) in [7, 11) is 0. The van der Waals surface area contributed by atoms with Crippen molar-refractivity contribution in [3.63, 3.8) is 0 Å². The number of rotatable bonds is 8. The summed E-state index contributed by atoms with van der Waals surface area (Å²) >= 11 is 0. The molecule has 0 N–H and O–H groups in total. The Balaban J connectivity index is 2.44. The Hall–Kier alpha value is -0.890. The molecule has 2 heteroatoms. The zero-order valence-electron chi connectivity index (χ0n) is 14.7. The molecule has 1 aliphatic carbocycles. The van der Waals surface area contributed by atoms with Gasteiger partial charge in [-0.05, 0) is 36.0 Å². The molecule has 0 fully saturated rings. The minimum Gasteiger partial charge on any atom is -0.380 e. The molecule has 1 aliphatic rings. The molecular weight excluding hydrogens is 260 g/mol. The molecule has 120 valence electrons. The van der Waals surface area contributed by atoms with E-state index in [2.05, 4.69) is 58.9 Å². The molecular formula is C19H32O2. The van der Waals surface area contributed by atoms with Crippen LogP contribution in [0.15, 0.2) is 24.3 Å². The van der Waals surface area contributed by atoms with E-state index in [4.69, 9.17) is 4.74 Å². The number of ketones is 1. The van der Waals surface area contributed by atoms with Crippen molar-refractivity contribution in [2.45, 2.75) is 60.8 Å². The second-order valence-corrected chi connectivity index (χ2v) is 8.52.